The number of hydrogen-bond acceptors (Lipinski definition) is 5. The Bertz CT molecular complexity index is 920. The minimum Gasteiger partial charge on any atom is -0.380 e. The van der Waals surface area contributed by atoms with E-state index in [1.807, 2.05) is 11.3 Å². The van der Waals surface area contributed by atoms with Gasteiger partial charge in [-0.3, -0.25) is 0 Å². The molecule has 1 N–H and O–H groups in total. The molecule has 5 rings (SSSR count). The van der Waals surface area contributed by atoms with Crippen LogP contribution >= 0.6 is 11.3 Å². The lowest BCUT2D eigenvalue weighted by Gasteiger charge is -2.21. The Morgan fingerprint density at radius 1 is 1.15 bits per heavy atom. The monoisotopic (exact) mass is 364 g/mol. The van der Waals surface area contributed by atoms with Crippen LogP contribution in [-0.2, 0) is 12.8 Å². The van der Waals surface area contributed by atoms with Gasteiger partial charge in [0, 0.05) is 29.7 Å². The minimum absolute atomic E-state index is 0.469. The molecule has 1 aliphatic carbocycles. The molecule has 0 bridgehead atoms. The normalized spacial score (nSPS) is 22.6. The van der Waals surface area contributed by atoms with Crippen LogP contribution in [0.1, 0.15) is 30.2 Å². The largest absolute Gasteiger partial charge is 0.380 e. The van der Waals surface area contributed by atoms with Gasteiger partial charge in [-0.25, -0.2) is 9.97 Å². The number of aromatic nitrogens is 2. The third-order valence-corrected chi connectivity index (χ3v) is 6.87. The third-order valence-electron chi connectivity index (χ3n) is 5.70. The SMILES string of the molecule is C[C@H]1CCc2c(sc3ncnc(N4CC[C@@H](Nc5ccccc5)C4)c23)C1. The van der Waals surface area contributed by atoms with Gasteiger partial charge >= 0.3 is 0 Å². The standard InChI is InChI=1S/C21H24N4S/c1-14-7-8-17-18(11-14)26-21-19(17)20(22-13-23-21)25-10-9-16(12-25)24-15-5-3-2-4-6-15/h2-6,13-14,16,24H,7-12H2,1H3/t14-,16+/m0/s1. The van der Waals surface area contributed by atoms with Gasteiger partial charge in [0.15, 0.2) is 0 Å². The van der Waals surface area contributed by atoms with Crippen molar-refractivity contribution < 1.29 is 0 Å². The summed E-state index contributed by atoms with van der Waals surface area (Å²) in [5.41, 5.74) is 2.73. The number of aryl methyl sites for hydroxylation is 1. The number of anilines is 2. The van der Waals surface area contributed by atoms with E-state index in [-0.39, 0.29) is 0 Å². The maximum Gasteiger partial charge on any atom is 0.141 e. The molecule has 4 nitrogen and oxygen atoms in total. The molecule has 1 aromatic carbocycles. The Labute approximate surface area is 158 Å². The van der Waals surface area contributed by atoms with Gasteiger partial charge in [0.2, 0.25) is 0 Å². The van der Waals surface area contributed by atoms with Crippen molar-refractivity contribution >= 4 is 33.1 Å². The molecule has 0 radical (unpaired) electrons. The van der Waals surface area contributed by atoms with Crippen LogP contribution in [0.2, 0.25) is 0 Å². The molecule has 26 heavy (non-hydrogen) atoms. The molecule has 1 fully saturated rings. The predicted octanol–water partition coefficient (Wildman–Crippen LogP) is 4.51. The van der Waals surface area contributed by atoms with Gasteiger partial charge in [-0.15, -0.1) is 11.3 Å². The number of hydrogen-bond donors (Lipinski definition) is 1. The van der Waals surface area contributed by atoms with Crippen LogP contribution in [0.3, 0.4) is 0 Å². The van der Waals surface area contributed by atoms with Crippen molar-refractivity contribution in [1.82, 2.24) is 9.97 Å². The average Bonchev–Trinajstić information content (AvgIpc) is 3.26. The first kappa shape index (κ1) is 16.1. The van der Waals surface area contributed by atoms with E-state index in [9.17, 15) is 0 Å². The van der Waals surface area contributed by atoms with Crippen LogP contribution in [0.5, 0.6) is 0 Å². The summed E-state index contributed by atoms with van der Waals surface area (Å²) in [6.45, 7) is 4.42. The Hall–Kier alpha value is -2.14. The van der Waals surface area contributed by atoms with E-state index in [0.29, 0.717) is 6.04 Å². The number of nitrogens with zero attached hydrogens (tertiary/aromatic N) is 3. The van der Waals surface area contributed by atoms with Gasteiger partial charge < -0.3 is 10.2 Å². The second-order valence-corrected chi connectivity index (χ2v) is 8.75. The third kappa shape index (κ3) is 2.84. The fourth-order valence-electron chi connectivity index (χ4n) is 4.34. The summed E-state index contributed by atoms with van der Waals surface area (Å²) in [5.74, 6) is 1.94. The van der Waals surface area contributed by atoms with Crippen LogP contribution in [0.4, 0.5) is 11.5 Å². The molecule has 2 aromatic heterocycles. The molecule has 0 spiro atoms. The quantitative estimate of drug-likeness (QED) is 0.742. The van der Waals surface area contributed by atoms with E-state index in [0.717, 1.165) is 31.2 Å². The molecule has 0 saturated carbocycles. The number of rotatable bonds is 3. The zero-order valence-electron chi connectivity index (χ0n) is 15.1. The predicted molar refractivity (Wildman–Crippen MR) is 109 cm³/mol. The van der Waals surface area contributed by atoms with Crippen LogP contribution in [0.15, 0.2) is 36.7 Å². The zero-order valence-corrected chi connectivity index (χ0v) is 15.9. The second-order valence-electron chi connectivity index (χ2n) is 7.67. The lowest BCUT2D eigenvalue weighted by atomic mass is 9.89. The molecule has 134 valence electrons. The smallest absolute Gasteiger partial charge is 0.141 e. The molecule has 0 unspecified atom stereocenters. The first-order valence-electron chi connectivity index (χ1n) is 9.59. The van der Waals surface area contributed by atoms with E-state index in [1.54, 1.807) is 11.2 Å². The fraction of sp³-hybridized carbons (Fsp3) is 0.429. The van der Waals surface area contributed by atoms with Crippen molar-refractivity contribution in [2.75, 3.05) is 23.3 Å². The maximum atomic E-state index is 4.72. The topological polar surface area (TPSA) is 41.1 Å². The minimum atomic E-state index is 0.469. The van der Waals surface area contributed by atoms with E-state index >= 15 is 0 Å². The number of para-hydroxylation sites is 1. The van der Waals surface area contributed by atoms with Gasteiger partial charge in [-0.05, 0) is 49.3 Å². The van der Waals surface area contributed by atoms with E-state index < -0.39 is 0 Å². The molecular weight excluding hydrogens is 340 g/mol. The molecule has 2 aliphatic rings. The van der Waals surface area contributed by atoms with E-state index in [4.69, 9.17) is 4.98 Å². The van der Waals surface area contributed by atoms with Crippen molar-refractivity contribution in [3.63, 3.8) is 0 Å². The molecule has 3 heterocycles. The molecular formula is C21H24N4S. The van der Waals surface area contributed by atoms with Gasteiger partial charge in [-0.2, -0.15) is 0 Å². The van der Waals surface area contributed by atoms with Crippen molar-refractivity contribution in [3.05, 3.63) is 47.1 Å². The fourth-order valence-corrected chi connectivity index (χ4v) is 5.68. The first-order chi connectivity index (χ1) is 12.8. The lowest BCUT2D eigenvalue weighted by molar-refractivity contribution is 0.509. The summed E-state index contributed by atoms with van der Waals surface area (Å²) in [4.78, 5) is 14.5. The van der Waals surface area contributed by atoms with E-state index in [2.05, 4.69) is 52.5 Å². The zero-order chi connectivity index (χ0) is 17.5. The molecule has 5 heteroatoms. The summed E-state index contributed by atoms with van der Waals surface area (Å²) in [6.07, 6.45) is 6.56. The second kappa shape index (κ2) is 6.54. The molecule has 1 aliphatic heterocycles. The van der Waals surface area contributed by atoms with Crippen LogP contribution < -0.4 is 10.2 Å². The Kier molecular flexibility index (Phi) is 4.04. The first-order valence-corrected chi connectivity index (χ1v) is 10.4. The highest BCUT2D eigenvalue weighted by atomic mass is 32.1. The number of nitrogens with one attached hydrogen (secondary N) is 1. The highest BCUT2D eigenvalue weighted by molar-refractivity contribution is 7.19. The Balaban J connectivity index is 1.43. The molecule has 2 atom stereocenters. The highest BCUT2D eigenvalue weighted by Crippen LogP contribution is 2.41. The van der Waals surface area contributed by atoms with Gasteiger partial charge in [-0.1, -0.05) is 25.1 Å². The summed E-state index contributed by atoms with van der Waals surface area (Å²) < 4.78 is 0. The van der Waals surface area contributed by atoms with Crippen molar-refractivity contribution in [1.29, 1.82) is 0 Å². The van der Waals surface area contributed by atoms with Crippen molar-refractivity contribution in [2.24, 2.45) is 5.92 Å². The van der Waals surface area contributed by atoms with Gasteiger partial charge in [0.1, 0.15) is 17.0 Å². The van der Waals surface area contributed by atoms with Gasteiger partial charge in [0.05, 0.1) is 5.39 Å². The lowest BCUT2D eigenvalue weighted by Crippen LogP contribution is -2.26. The van der Waals surface area contributed by atoms with Gasteiger partial charge in [0.25, 0.3) is 0 Å². The molecule has 0 amide bonds. The van der Waals surface area contributed by atoms with Crippen LogP contribution in [0, 0.1) is 5.92 Å². The number of fused-ring (bicyclic) bond motifs is 3. The summed E-state index contributed by atoms with van der Waals surface area (Å²) in [5, 5.41) is 5.00. The maximum absolute atomic E-state index is 4.72. The molecule has 3 aromatic rings. The Morgan fingerprint density at radius 2 is 2.04 bits per heavy atom. The summed E-state index contributed by atoms with van der Waals surface area (Å²) in [6, 6.07) is 11.0. The van der Waals surface area contributed by atoms with Crippen LogP contribution in [-0.4, -0.2) is 29.1 Å². The van der Waals surface area contributed by atoms with Crippen LogP contribution in [0.25, 0.3) is 10.2 Å². The average molecular weight is 365 g/mol. The molecule has 1 saturated heterocycles. The summed E-state index contributed by atoms with van der Waals surface area (Å²) in [7, 11) is 0. The van der Waals surface area contributed by atoms with E-state index in [1.165, 1.54) is 40.7 Å². The number of thiophene rings is 1. The Morgan fingerprint density at radius 3 is 2.92 bits per heavy atom. The van der Waals surface area contributed by atoms with Crippen molar-refractivity contribution in [3.8, 4) is 0 Å². The number of benzene rings is 1. The highest BCUT2D eigenvalue weighted by Gasteiger charge is 2.28. The summed E-state index contributed by atoms with van der Waals surface area (Å²) >= 11 is 1.89. The van der Waals surface area contributed by atoms with Crippen molar-refractivity contribution in [2.45, 2.75) is 38.6 Å².